The summed E-state index contributed by atoms with van der Waals surface area (Å²) in [6.07, 6.45) is 5.15. The molecule has 0 unspecified atom stereocenters. The van der Waals surface area contributed by atoms with Gasteiger partial charge in [-0.2, -0.15) is 4.72 Å². The fourth-order valence-corrected chi connectivity index (χ4v) is 4.54. The van der Waals surface area contributed by atoms with Crippen LogP contribution < -0.4 is 4.72 Å². The van der Waals surface area contributed by atoms with E-state index < -0.39 is 25.8 Å². The van der Waals surface area contributed by atoms with E-state index in [1.807, 2.05) is 0 Å². The summed E-state index contributed by atoms with van der Waals surface area (Å²) in [7, 11) is -7.29. The number of carbonyl (C=O) groups is 1. The number of rotatable bonds is 9. The predicted octanol–water partition coefficient (Wildman–Crippen LogP) is 1.62. The van der Waals surface area contributed by atoms with Crippen molar-refractivity contribution in [3.8, 4) is 12.3 Å². The molecule has 0 aliphatic carbocycles. The van der Waals surface area contributed by atoms with Crippen LogP contribution in [0.5, 0.6) is 0 Å². The molecule has 0 aromatic heterocycles. The molecule has 2 aromatic rings. The van der Waals surface area contributed by atoms with Crippen molar-refractivity contribution in [2.75, 3.05) is 18.9 Å². The molecular formula is C19H19NO6S2. The van der Waals surface area contributed by atoms with Crippen LogP contribution in [-0.4, -0.2) is 41.7 Å². The van der Waals surface area contributed by atoms with Crippen LogP contribution in [0.4, 0.5) is 0 Å². The van der Waals surface area contributed by atoms with E-state index in [4.69, 9.17) is 11.2 Å². The van der Waals surface area contributed by atoms with Crippen molar-refractivity contribution in [3.05, 3.63) is 60.2 Å². The normalized spacial score (nSPS) is 11.5. The number of sulfonamides is 1. The SMILES string of the molecule is C#CCNS(=O)(=O)c1cccc(C(=O)OCCCS(=O)(=O)c2ccccc2)c1. The Morgan fingerprint density at radius 3 is 2.36 bits per heavy atom. The van der Waals surface area contributed by atoms with E-state index in [0.717, 1.165) is 0 Å². The molecule has 0 heterocycles. The summed E-state index contributed by atoms with van der Waals surface area (Å²) in [5.41, 5.74) is 0.0366. The van der Waals surface area contributed by atoms with Crippen molar-refractivity contribution in [2.24, 2.45) is 0 Å². The lowest BCUT2D eigenvalue weighted by atomic mass is 10.2. The van der Waals surface area contributed by atoms with Crippen molar-refractivity contribution in [3.63, 3.8) is 0 Å². The number of ether oxygens (including phenoxy) is 1. The molecular weight excluding hydrogens is 402 g/mol. The van der Waals surface area contributed by atoms with Gasteiger partial charge in [-0.15, -0.1) is 6.42 Å². The van der Waals surface area contributed by atoms with E-state index in [9.17, 15) is 21.6 Å². The van der Waals surface area contributed by atoms with Crippen LogP contribution in [0, 0.1) is 12.3 Å². The molecule has 28 heavy (non-hydrogen) atoms. The summed E-state index contributed by atoms with van der Waals surface area (Å²) in [6.45, 7) is -0.288. The molecule has 148 valence electrons. The number of carbonyl (C=O) groups excluding carboxylic acids is 1. The Balaban J connectivity index is 1.94. The van der Waals surface area contributed by atoms with Gasteiger partial charge in [0.2, 0.25) is 10.0 Å². The Morgan fingerprint density at radius 2 is 1.68 bits per heavy atom. The summed E-state index contributed by atoms with van der Waals surface area (Å²) >= 11 is 0. The highest BCUT2D eigenvalue weighted by Gasteiger charge is 2.17. The summed E-state index contributed by atoms with van der Waals surface area (Å²) in [6, 6.07) is 13.3. The third kappa shape index (κ3) is 5.92. The first kappa shape index (κ1) is 21.6. The van der Waals surface area contributed by atoms with Crippen LogP contribution in [0.15, 0.2) is 64.4 Å². The maximum absolute atomic E-state index is 12.2. The minimum atomic E-state index is -3.83. The minimum absolute atomic E-state index is 0.0366. The number of hydrogen-bond donors (Lipinski definition) is 1. The van der Waals surface area contributed by atoms with Gasteiger partial charge in [-0.05, 0) is 36.8 Å². The van der Waals surface area contributed by atoms with Gasteiger partial charge in [0.05, 0.1) is 34.3 Å². The highest BCUT2D eigenvalue weighted by molar-refractivity contribution is 7.91. The molecule has 0 fully saturated rings. The quantitative estimate of drug-likeness (QED) is 0.375. The second-order valence-corrected chi connectivity index (χ2v) is 9.55. The van der Waals surface area contributed by atoms with E-state index in [-0.39, 0.29) is 40.7 Å². The summed E-state index contributed by atoms with van der Waals surface area (Å²) in [5, 5.41) is 0. The zero-order valence-electron chi connectivity index (χ0n) is 14.9. The second-order valence-electron chi connectivity index (χ2n) is 5.68. The molecule has 2 rings (SSSR count). The van der Waals surface area contributed by atoms with Gasteiger partial charge >= 0.3 is 5.97 Å². The largest absolute Gasteiger partial charge is 0.462 e. The zero-order valence-corrected chi connectivity index (χ0v) is 16.5. The Bertz CT molecular complexity index is 1070. The molecule has 0 spiro atoms. The van der Waals surface area contributed by atoms with Crippen LogP contribution in [0.3, 0.4) is 0 Å². The van der Waals surface area contributed by atoms with Crippen LogP contribution in [0.25, 0.3) is 0 Å². The number of hydrogen-bond acceptors (Lipinski definition) is 6. The van der Waals surface area contributed by atoms with Gasteiger partial charge in [0.1, 0.15) is 0 Å². The molecule has 1 N–H and O–H groups in total. The lowest BCUT2D eigenvalue weighted by Crippen LogP contribution is -2.24. The number of nitrogens with one attached hydrogen (secondary N) is 1. The average molecular weight is 421 g/mol. The maximum atomic E-state index is 12.2. The highest BCUT2D eigenvalue weighted by atomic mass is 32.2. The van der Waals surface area contributed by atoms with E-state index in [1.165, 1.54) is 36.4 Å². The van der Waals surface area contributed by atoms with Gasteiger partial charge in [-0.25, -0.2) is 21.6 Å². The molecule has 7 nitrogen and oxygen atoms in total. The fourth-order valence-electron chi connectivity index (χ4n) is 2.25. The Kier molecular flexibility index (Phi) is 7.34. The van der Waals surface area contributed by atoms with Crippen LogP contribution in [0.2, 0.25) is 0 Å². The van der Waals surface area contributed by atoms with Crippen molar-refractivity contribution >= 4 is 25.8 Å². The molecule has 2 aromatic carbocycles. The van der Waals surface area contributed by atoms with Crippen molar-refractivity contribution in [1.29, 1.82) is 0 Å². The number of sulfone groups is 1. The molecule has 0 saturated heterocycles. The number of benzene rings is 2. The molecule has 0 aliphatic heterocycles. The lowest BCUT2D eigenvalue weighted by Gasteiger charge is -2.08. The molecule has 0 amide bonds. The Hall–Kier alpha value is -2.67. The number of esters is 1. The van der Waals surface area contributed by atoms with Crippen LogP contribution in [-0.2, 0) is 24.6 Å². The molecule has 9 heteroatoms. The van der Waals surface area contributed by atoms with Gasteiger partial charge < -0.3 is 4.74 Å². The van der Waals surface area contributed by atoms with Gasteiger partial charge in [0.15, 0.2) is 9.84 Å². The maximum Gasteiger partial charge on any atom is 0.338 e. The van der Waals surface area contributed by atoms with E-state index in [1.54, 1.807) is 18.2 Å². The molecule has 0 saturated carbocycles. The standard InChI is InChI=1S/C19H19NO6S2/c1-2-12-20-28(24,25)18-11-6-8-16(15-18)19(21)26-13-7-14-27(22,23)17-9-4-3-5-10-17/h1,3-6,8-11,15,20H,7,12-14H2. The predicted molar refractivity (Wildman–Crippen MR) is 104 cm³/mol. The fraction of sp³-hybridized carbons (Fsp3) is 0.211. The summed E-state index contributed by atoms with van der Waals surface area (Å²) in [4.78, 5) is 12.2. The first-order chi connectivity index (χ1) is 13.3. The highest BCUT2D eigenvalue weighted by Crippen LogP contribution is 2.14. The minimum Gasteiger partial charge on any atom is -0.462 e. The van der Waals surface area contributed by atoms with Gasteiger partial charge in [-0.1, -0.05) is 30.2 Å². The summed E-state index contributed by atoms with van der Waals surface area (Å²) in [5.74, 6) is 1.24. The molecule has 0 atom stereocenters. The summed E-state index contributed by atoms with van der Waals surface area (Å²) < 4.78 is 55.7. The van der Waals surface area contributed by atoms with Gasteiger partial charge in [0.25, 0.3) is 0 Å². The molecule has 0 aliphatic rings. The second kappa shape index (κ2) is 9.50. The first-order valence-electron chi connectivity index (χ1n) is 8.24. The van der Waals surface area contributed by atoms with Gasteiger partial charge in [-0.3, -0.25) is 0 Å². The first-order valence-corrected chi connectivity index (χ1v) is 11.4. The third-order valence-corrected chi connectivity index (χ3v) is 6.85. The van der Waals surface area contributed by atoms with Crippen molar-refractivity contribution < 1.29 is 26.4 Å². The zero-order chi connectivity index (χ0) is 20.6. The topological polar surface area (TPSA) is 107 Å². The molecule has 0 bridgehead atoms. The molecule has 0 radical (unpaired) electrons. The Morgan fingerprint density at radius 1 is 1.00 bits per heavy atom. The van der Waals surface area contributed by atoms with Crippen molar-refractivity contribution in [2.45, 2.75) is 16.2 Å². The van der Waals surface area contributed by atoms with E-state index in [2.05, 4.69) is 10.6 Å². The van der Waals surface area contributed by atoms with Crippen LogP contribution >= 0.6 is 0 Å². The number of terminal acetylenes is 1. The Labute approximate surface area is 164 Å². The van der Waals surface area contributed by atoms with Crippen LogP contribution in [0.1, 0.15) is 16.8 Å². The van der Waals surface area contributed by atoms with Crippen molar-refractivity contribution in [1.82, 2.24) is 4.72 Å². The van der Waals surface area contributed by atoms with E-state index in [0.29, 0.717) is 0 Å². The van der Waals surface area contributed by atoms with E-state index >= 15 is 0 Å². The average Bonchev–Trinajstić information content (AvgIpc) is 2.70. The lowest BCUT2D eigenvalue weighted by molar-refractivity contribution is 0.0505. The smallest absolute Gasteiger partial charge is 0.338 e. The third-order valence-electron chi connectivity index (χ3n) is 3.64. The monoisotopic (exact) mass is 421 g/mol. The van der Waals surface area contributed by atoms with Gasteiger partial charge in [0, 0.05) is 0 Å².